The number of rotatable bonds is 7. The van der Waals surface area contributed by atoms with Crippen molar-refractivity contribution in [2.45, 2.75) is 40.7 Å². The van der Waals surface area contributed by atoms with Gasteiger partial charge in [-0.2, -0.15) is 5.10 Å². The summed E-state index contributed by atoms with van der Waals surface area (Å²) in [6.45, 7) is 8.92. The molecule has 0 aliphatic rings. The summed E-state index contributed by atoms with van der Waals surface area (Å²) in [4.78, 5) is 30.9. The van der Waals surface area contributed by atoms with Gasteiger partial charge in [-0.1, -0.05) is 6.07 Å². The summed E-state index contributed by atoms with van der Waals surface area (Å²) < 4.78 is 7.10. The lowest BCUT2D eigenvalue weighted by molar-refractivity contribution is 0.0791. The van der Waals surface area contributed by atoms with Crippen LogP contribution in [-0.4, -0.2) is 45.1 Å². The molecule has 0 unspecified atom stereocenters. The minimum atomic E-state index is -0.393. The number of hydrogen-bond donors (Lipinski definition) is 1. The van der Waals surface area contributed by atoms with Crippen molar-refractivity contribution in [3.05, 3.63) is 64.6 Å². The monoisotopic (exact) mass is 409 g/mol. The van der Waals surface area contributed by atoms with E-state index in [4.69, 9.17) is 4.42 Å². The highest BCUT2D eigenvalue weighted by atomic mass is 16.3. The Balaban J connectivity index is 1.64. The third-order valence-electron chi connectivity index (χ3n) is 5.00. The van der Waals surface area contributed by atoms with Crippen molar-refractivity contribution in [1.82, 2.24) is 19.7 Å². The summed E-state index contributed by atoms with van der Waals surface area (Å²) in [5.74, 6) is -0.335. The molecule has 8 heteroatoms. The maximum atomic E-state index is 12.9. The van der Waals surface area contributed by atoms with Crippen molar-refractivity contribution in [2.24, 2.45) is 0 Å². The zero-order valence-electron chi connectivity index (χ0n) is 18.0. The van der Waals surface area contributed by atoms with Gasteiger partial charge in [-0.25, -0.2) is 4.98 Å². The highest BCUT2D eigenvalue weighted by Gasteiger charge is 2.17. The molecular formula is C22H27N5O3. The molecule has 158 valence electrons. The summed E-state index contributed by atoms with van der Waals surface area (Å²) in [7, 11) is 1.78. The molecule has 0 spiro atoms. The van der Waals surface area contributed by atoms with Crippen molar-refractivity contribution >= 4 is 17.5 Å². The maximum absolute atomic E-state index is 12.9. The van der Waals surface area contributed by atoms with Gasteiger partial charge in [0, 0.05) is 37.1 Å². The molecule has 0 radical (unpaired) electrons. The molecule has 0 saturated carbocycles. The third kappa shape index (κ3) is 4.76. The summed E-state index contributed by atoms with van der Waals surface area (Å²) in [6, 6.07) is 7.32. The van der Waals surface area contributed by atoms with Crippen molar-refractivity contribution < 1.29 is 14.0 Å². The van der Waals surface area contributed by atoms with E-state index < -0.39 is 5.91 Å². The third-order valence-corrected chi connectivity index (χ3v) is 5.00. The van der Waals surface area contributed by atoms with Crippen LogP contribution in [-0.2, 0) is 6.54 Å². The first-order valence-electron chi connectivity index (χ1n) is 9.85. The molecule has 0 bridgehead atoms. The van der Waals surface area contributed by atoms with Gasteiger partial charge in [-0.05, 0) is 57.9 Å². The second kappa shape index (κ2) is 8.94. The Labute approximate surface area is 175 Å². The van der Waals surface area contributed by atoms with E-state index in [9.17, 15) is 9.59 Å². The van der Waals surface area contributed by atoms with E-state index >= 15 is 0 Å². The highest BCUT2D eigenvalue weighted by molar-refractivity contribution is 6.04. The van der Waals surface area contributed by atoms with E-state index in [-0.39, 0.29) is 11.7 Å². The second-order valence-corrected chi connectivity index (χ2v) is 7.48. The van der Waals surface area contributed by atoms with Crippen LogP contribution < -0.4 is 5.32 Å². The summed E-state index contributed by atoms with van der Waals surface area (Å²) in [5, 5.41) is 7.25. The fourth-order valence-electron chi connectivity index (χ4n) is 3.27. The van der Waals surface area contributed by atoms with E-state index in [1.54, 1.807) is 31.0 Å². The molecule has 2 heterocycles. The number of aromatic nitrogens is 3. The number of benzene rings is 1. The summed E-state index contributed by atoms with van der Waals surface area (Å²) in [6.07, 6.45) is 2.03. The molecule has 0 atom stereocenters. The Kier molecular flexibility index (Phi) is 6.34. The molecule has 0 fully saturated rings. The highest BCUT2D eigenvalue weighted by Crippen LogP contribution is 2.20. The minimum absolute atomic E-state index is 0.102. The average Bonchev–Trinajstić information content (AvgIpc) is 3.27. The van der Waals surface area contributed by atoms with Crippen molar-refractivity contribution in [3.63, 3.8) is 0 Å². The van der Waals surface area contributed by atoms with Crippen LogP contribution in [0.15, 0.2) is 35.1 Å². The van der Waals surface area contributed by atoms with E-state index in [1.165, 1.54) is 6.39 Å². The molecule has 0 aliphatic carbocycles. The lowest BCUT2D eigenvalue weighted by Gasteiger charge is -2.18. The molecule has 2 amide bonds. The molecule has 1 N–H and O–H groups in total. The number of nitrogens with zero attached hydrogens (tertiary/aromatic N) is 4. The number of carbonyl (C=O) groups excluding carboxylic acids is 2. The van der Waals surface area contributed by atoms with Crippen LogP contribution in [0.1, 0.15) is 50.0 Å². The van der Waals surface area contributed by atoms with Gasteiger partial charge in [0.05, 0.1) is 11.4 Å². The standard InChI is InChI=1S/C22H27N5O3/c1-14-7-8-18(12-19(14)24-21(28)20-17(4)23-13-30-20)22(29)26(5)9-6-10-27-16(3)11-15(2)25-27/h7-8,11-13H,6,9-10H2,1-5H3,(H,24,28). The lowest BCUT2D eigenvalue weighted by Crippen LogP contribution is -2.28. The maximum Gasteiger partial charge on any atom is 0.293 e. The molecule has 3 aromatic rings. The topological polar surface area (TPSA) is 93.3 Å². The first-order chi connectivity index (χ1) is 14.3. The van der Waals surface area contributed by atoms with Crippen LogP contribution in [0, 0.1) is 27.7 Å². The van der Waals surface area contributed by atoms with Gasteiger partial charge < -0.3 is 14.6 Å². The molecular weight excluding hydrogens is 382 g/mol. The average molecular weight is 409 g/mol. The first kappa shape index (κ1) is 21.3. The smallest absolute Gasteiger partial charge is 0.293 e. The van der Waals surface area contributed by atoms with Gasteiger partial charge in [-0.15, -0.1) is 0 Å². The van der Waals surface area contributed by atoms with Gasteiger partial charge in [0.15, 0.2) is 6.39 Å². The molecule has 2 aromatic heterocycles. The van der Waals surface area contributed by atoms with Crippen LogP contribution in [0.4, 0.5) is 5.69 Å². The SMILES string of the molecule is Cc1cc(C)n(CCCN(C)C(=O)c2ccc(C)c(NC(=O)c3ocnc3C)c2)n1. The molecule has 1 aromatic carbocycles. The molecule has 8 nitrogen and oxygen atoms in total. The van der Waals surface area contributed by atoms with Crippen molar-refractivity contribution in [3.8, 4) is 0 Å². The zero-order valence-corrected chi connectivity index (χ0v) is 18.0. The Morgan fingerprint density at radius 3 is 2.57 bits per heavy atom. The number of oxazole rings is 1. The van der Waals surface area contributed by atoms with E-state index in [0.29, 0.717) is 23.5 Å². The zero-order chi connectivity index (χ0) is 21.8. The van der Waals surface area contributed by atoms with Gasteiger partial charge in [0.2, 0.25) is 5.76 Å². The van der Waals surface area contributed by atoms with Crippen molar-refractivity contribution in [1.29, 1.82) is 0 Å². The van der Waals surface area contributed by atoms with Crippen LogP contribution in [0.3, 0.4) is 0 Å². The fourth-order valence-corrected chi connectivity index (χ4v) is 3.27. The molecule has 0 aliphatic heterocycles. The molecule has 0 saturated heterocycles. The second-order valence-electron chi connectivity index (χ2n) is 7.48. The van der Waals surface area contributed by atoms with Gasteiger partial charge >= 0.3 is 0 Å². The Bertz CT molecular complexity index is 1070. The Hall–Kier alpha value is -3.42. The fraction of sp³-hybridized carbons (Fsp3) is 0.364. The molecule has 3 rings (SSSR count). The summed E-state index contributed by atoms with van der Waals surface area (Å²) in [5.41, 5.74) is 4.55. The number of anilines is 1. The number of nitrogens with one attached hydrogen (secondary N) is 1. The van der Waals surface area contributed by atoms with E-state index in [0.717, 1.165) is 29.9 Å². The van der Waals surface area contributed by atoms with Gasteiger partial charge in [0.1, 0.15) is 0 Å². The van der Waals surface area contributed by atoms with Crippen LogP contribution in [0.2, 0.25) is 0 Å². The minimum Gasteiger partial charge on any atom is -0.438 e. The largest absolute Gasteiger partial charge is 0.438 e. The van der Waals surface area contributed by atoms with E-state index in [1.807, 2.05) is 37.6 Å². The number of hydrogen-bond acceptors (Lipinski definition) is 5. The Morgan fingerprint density at radius 1 is 1.17 bits per heavy atom. The van der Waals surface area contributed by atoms with Gasteiger partial charge in [0.25, 0.3) is 11.8 Å². The molecule has 30 heavy (non-hydrogen) atoms. The van der Waals surface area contributed by atoms with Crippen LogP contribution >= 0.6 is 0 Å². The van der Waals surface area contributed by atoms with Crippen LogP contribution in [0.25, 0.3) is 0 Å². The van der Waals surface area contributed by atoms with E-state index in [2.05, 4.69) is 15.4 Å². The predicted molar refractivity (Wildman–Crippen MR) is 114 cm³/mol. The number of aryl methyl sites for hydroxylation is 5. The summed E-state index contributed by atoms with van der Waals surface area (Å²) >= 11 is 0. The first-order valence-corrected chi connectivity index (χ1v) is 9.85. The van der Waals surface area contributed by atoms with Crippen LogP contribution in [0.5, 0.6) is 0 Å². The Morgan fingerprint density at radius 2 is 1.93 bits per heavy atom. The lowest BCUT2D eigenvalue weighted by atomic mass is 10.1. The number of carbonyl (C=O) groups is 2. The van der Waals surface area contributed by atoms with Crippen molar-refractivity contribution in [2.75, 3.05) is 18.9 Å². The predicted octanol–water partition coefficient (Wildman–Crippen LogP) is 3.52. The number of amides is 2. The normalized spacial score (nSPS) is 10.8. The van der Waals surface area contributed by atoms with Gasteiger partial charge in [-0.3, -0.25) is 14.3 Å². The quantitative estimate of drug-likeness (QED) is 0.644.